The molecule has 1 aromatic heterocycles. The van der Waals surface area contributed by atoms with Gasteiger partial charge in [-0.25, -0.2) is 8.42 Å². The highest BCUT2D eigenvalue weighted by atomic mass is 32.2. The maximum Gasteiger partial charge on any atom is 0.246 e. The first-order chi connectivity index (χ1) is 7.93. The van der Waals surface area contributed by atoms with Crippen molar-refractivity contribution in [3.05, 3.63) is 30.2 Å². The van der Waals surface area contributed by atoms with Crippen LogP contribution in [0.4, 0.5) is 0 Å². The van der Waals surface area contributed by atoms with Crippen LogP contribution in [0.3, 0.4) is 0 Å². The van der Waals surface area contributed by atoms with Gasteiger partial charge in [-0.15, -0.1) is 6.58 Å². The van der Waals surface area contributed by atoms with E-state index in [9.17, 15) is 8.42 Å². The Labute approximate surface area is 102 Å². The molecule has 1 rings (SSSR count). The summed E-state index contributed by atoms with van der Waals surface area (Å²) in [4.78, 5) is 0.215. The van der Waals surface area contributed by atoms with Gasteiger partial charge in [0.15, 0.2) is 0 Å². The van der Waals surface area contributed by atoms with Gasteiger partial charge < -0.3 is 9.73 Å². The summed E-state index contributed by atoms with van der Waals surface area (Å²) in [6, 6.07) is 1.56. The van der Waals surface area contributed by atoms with Gasteiger partial charge >= 0.3 is 0 Å². The second-order valence-electron chi connectivity index (χ2n) is 3.74. The van der Waals surface area contributed by atoms with Gasteiger partial charge in [-0.3, -0.25) is 0 Å². The summed E-state index contributed by atoms with van der Waals surface area (Å²) >= 11 is 0. The molecule has 17 heavy (non-hydrogen) atoms. The van der Waals surface area contributed by atoms with E-state index in [4.69, 9.17) is 4.42 Å². The third-order valence-electron chi connectivity index (χ3n) is 2.35. The number of hydrogen-bond acceptors (Lipinski definition) is 4. The number of likely N-dealkylation sites (N-methyl/N-ethyl adjacent to an activating group) is 1. The Hall–Kier alpha value is -1.11. The largest absolute Gasteiger partial charge is 0.464 e. The molecule has 0 aliphatic rings. The van der Waals surface area contributed by atoms with Gasteiger partial charge in [0.05, 0.1) is 6.54 Å². The number of nitrogens with zero attached hydrogens (tertiary/aromatic N) is 1. The summed E-state index contributed by atoms with van der Waals surface area (Å²) in [6.45, 7) is 5.95. The minimum absolute atomic E-state index is 0.215. The van der Waals surface area contributed by atoms with Crippen molar-refractivity contribution in [3.8, 4) is 0 Å². The summed E-state index contributed by atoms with van der Waals surface area (Å²) in [7, 11) is -0.200. The highest BCUT2D eigenvalue weighted by molar-refractivity contribution is 7.89. The monoisotopic (exact) mass is 258 g/mol. The molecule has 0 saturated carbocycles. The van der Waals surface area contributed by atoms with Crippen molar-refractivity contribution in [2.45, 2.75) is 18.4 Å². The number of sulfonamides is 1. The van der Waals surface area contributed by atoms with Gasteiger partial charge in [0.2, 0.25) is 10.0 Å². The number of rotatable bonds is 6. The Balaban J connectivity index is 3.10. The lowest BCUT2D eigenvalue weighted by Crippen LogP contribution is -2.27. The quantitative estimate of drug-likeness (QED) is 0.777. The Bertz CT molecular complexity index is 491. The summed E-state index contributed by atoms with van der Waals surface area (Å²) in [5.41, 5.74) is 0. The lowest BCUT2D eigenvalue weighted by Gasteiger charge is -2.13. The average Bonchev–Trinajstić information content (AvgIpc) is 2.61. The molecule has 1 aromatic rings. The number of furan rings is 1. The van der Waals surface area contributed by atoms with Gasteiger partial charge in [-0.2, -0.15) is 4.31 Å². The van der Waals surface area contributed by atoms with E-state index >= 15 is 0 Å². The Morgan fingerprint density at radius 1 is 1.59 bits per heavy atom. The molecular weight excluding hydrogens is 240 g/mol. The van der Waals surface area contributed by atoms with Gasteiger partial charge in [-0.05, 0) is 14.0 Å². The highest BCUT2D eigenvalue weighted by Gasteiger charge is 2.25. The Morgan fingerprint density at radius 3 is 2.76 bits per heavy atom. The lowest BCUT2D eigenvalue weighted by atomic mass is 10.4. The SMILES string of the molecule is C=CCN(C)S(=O)(=O)c1cc(CNC)oc1C. The summed E-state index contributed by atoms with van der Waals surface area (Å²) in [5.74, 6) is 1.02. The van der Waals surface area contributed by atoms with Crippen LogP contribution >= 0.6 is 0 Å². The molecule has 0 aliphatic carbocycles. The summed E-state index contributed by atoms with van der Waals surface area (Å²) < 4.78 is 30.9. The standard InChI is InChI=1S/C11H18N2O3S/c1-5-6-13(4)17(14,15)11-7-10(8-12-3)16-9(11)2/h5,7,12H,1,6,8H2,2-4H3. The van der Waals surface area contributed by atoms with Crippen LogP contribution in [0.5, 0.6) is 0 Å². The van der Waals surface area contributed by atoms with E-state index in [1.165, 1.54) is 11.4 Å². The first kappa shape index (κ1) is 14.0. The van der Waals surface area contributed by atoms with Crippen LogP contribution in [0.2, 0.25) is 0 Å². The molecule has 0 amide bonds. The summed E-state index contributed by atoms with van der Waals surface area (Å²) in [5, 5.41) is 2.91. The van der Waals surface area contributed by atoms with Crippen LogP contribution in [-0.2, 0) is 16.6 Å². The molecule has 96 valence electrons. The van der Waals surface area contributed by atoms with Crippen LogP contribution < -0.4 is 5.32 Å². The third-order valence-corrected chi connectivity index (χ3v) is 4.28. The van der Waals surface area contributed by atoms with E-state index in [0.717, 1.165) is 0 Å². The van der Waals surface area contributed by atoms with E-state index in [1.54, 1.807) is 26.1 Å². The second kappa shape index (κ2) is 5.48. The second-order valence-corrected chi connectivity index (χ2v) is 5.75. The van der Waals surface area contributed by atoms with Gasteiger partial charge in [-0.1, -0.05) is 6.08 Å². The van der Waals surface area contributed by atoms with E-state index in [-0.39, 0.29) is 11.4 Å². The molecule has 0 spiro atoms. The average molecular weight is 258 g/mol. The van der Waals surface area contributed by atoms with Crippen molar-refractivity contribution < 1.29 is 12.8 Å². The normalized spacial score (nSPS) is 12.0. The van der Waals surface area contributed by atoms with Gasteiger partial charge in [0, 0.05) is 19.7 Å². The van der Waals surface area contributed by atoms with Crippen molar-refractivity contribution in [2.75, 3.05) is 20.6 Å². The first-order valence-electron chi connectivity index (χ1n) is 5.24. The van der Waals surface area contributed by atoms with E-state index < -0.39 is 10.0 Å². The van der Waals surface area contributed by atoms with Crippen molar-refractivity contribution in [1.29, 1.82) is 0 Å². The molecule has 0 radical (unpaired) electrons. The lowest BCUT2D eigenvalue weighted by molar-refractivity contribution is 0.461. The fourth-order valence-corrected chi connectivity index (χ4v) is 2.81. The van der Waals surface area contributed by atoms with E-state index in [1.807, 2.05) is 0 Å². The number of nitrogens with one attached hydrogen (secondary N) is 1. The molecule has 0 fully saturated rings. The zero-order chi connectivity index (χ0) is 13.1. The van der Waals surface area contributed by atoms with Crippen molar-refractivity contribution in [2.24, 2.45) is 0 Å². The number of aryl methyl sites for hydroxylation is 1. The molecule has 0 unspecified atom stereocenters. The fourth-order valence-electron chi connectivity index (χ4n) is 1.49. The van der Waals surface area contributed by atoms with Crippen molar-refractivity contribution in [1.82, 2.24) is 9.62 Å². The highest BCUT2D eigenvalue weighted by Crippen LogP contribution is 2.22. The minimum Gasteiger partial charge on any atom is -0.464 e. The Morgan fingerprint density at radius 2 is 2.24 bits per heavy atom. The molecular formula is C11H18N2O3S. The third kappa shape index (κ3) is 2.96. The Kier molecular flexibility index (Phi) is 4.50. The molecule has 5 nitrogen and oxygen atoms in total. The fraction of sp³-hybridized carbons (Fsp3) is 0.455. The van der Waals surface area contributed by atoms with Gasteiger partial charge in [0.25, 0.3) is 0 Å². The molecule has 0 bridgehead atoms. The van der Waals surface area contributed by atoms with Crippen molar-refractivity contribution in [3.63, 3.8) is 0 Å². The predicted molar refractivity (Wildman–Crippen MR) is 66.2 cm³/mol. The molecule has 0 aliphatic heterocycles. The van der Waals surface area contributed by atoms with Crippen LogP contribution in [-0.4, -0.2) is 33.4 Å². The van der Waals surface area contributed by atoms with Crippen LogP contribution in [0.25, 0.3) is 0 Å². The molecule has 0 atom stereocenters. The topological polar surface area (TPSA) is 62.6 Å². The van der Waals surface area contributed by atoms with Crippen LogP contribution in [0.15, 0.2) is 28.0 Å². The molecule has 0 aromatic carbocycles. The molecule has 6 heteroatoms. The zero-order valence-corrected chi connectivity index (χ0v) is 11.2. The van der Waals surface area contributed by atoms with E-state index in [2.05, 4.69) is 11.9 Å². The zero-order valence-electron chi connectivity index (χ0n) is 10.4. The first-order valence-corrected chi connectivity index (χ1v) is 6.68. The molecule has 1 N–H and O–H groups in total. The van der Waals surface area contributed by atoms with Crippen LogP contribution in [0, 0.1) is 6.92 Å². The maximum atomic E-state index is 12.2. The van der Waals surface area contributed by atoms with Crippen LogP contribution in [0.1, 0.15) is 11.5 Å². The number of hydrogen-bond donors (Lipinski definition) is 1. The van der Waals surface area contributed by atoms with Gasteiger partial charge in [0.1, 0.15) is 16.4 Å². The minimum atomic E-state index is -3.49. The molecule has 0 saturated heterocycles. The predicted octanol–water partition coefficient (Wildman–Crippen LogP) is 1.11. The van der Waals surface area contributed by atoms with E-state index in [0.29, 0.717) is 18.1 Å². The van der Waals surface area contributed by atoms with Crippen molar-refractivity contribution >= 4 is 10.0 Å². The maximum absolute atomic E-state index is 12.2. The smallest absolute Gasteiger partial charge is 0.246 e. The molecule has 1 heterocycles. The summed E-state index contributed by atoms with van der Waals surface area (Å²) in [6.07, 6.45) is 1.54.